The second-order valence-electron chi connectivity index (χ2n) is 2.23. The van der Waals surface area contributed by atoms with Gasteiger partial charge in [0.05, 0.1) is 0 Å². The summed E-state index contributed by atoms with van der Waals surface area (Å²) in [5.41, 5.74) is 0. The van der Waals surface area contributed by atoms with E-state index >= 15 is 0 Å². The minimum atomic E-state index is 0.907. The molecule has 0 unspecified atom stereocenters. The molecular weight excluding hydrogens is 112 g/mol. The lowest BCUT2D eigenvalue weighted by atomic mass is 10.2. The third kappa shape index (κ3) is 5.16. The third-order valence-electron chi connectivity index (χ3n) is 1.27. The predicted octanol–water partition coefficient (Wildman–Crippen LogP) is 1.59. The van der Waals surface area contributed by atoms with E-state index in [4.69, 9.17) is 5.26 Å². The first-order valence-corrected chi connectivity index (χ1v) is 3.42. The topological polar surface area (TPSA) is 27.0 Å². The summed E-state index contributed by atoms with van der Waals surface area (Å²) in [6, 6.07) is 0. The second kappa shape index (κ2) is 5.43. The Labute approximate surface area is 57.1 Å². The minimum absolute atomic E-state index is 0.907. The van der Waals surface area contributed by atoms with Gasteiger partial charge in [-0.25, -0.2) is 0 Å². The van der Waals surface area contributed by atoms with Crippen LogP contribution in [-0.2, 0) is 0 Å². The Bertz CT molecular complexity index is 93.6. The normalized spacial score (nSPS) is 8.56. The standard InChI is InChI=1S/C7H14N2/c1-3-4-5-6-9(2)7-8/h3-6H2,1-2H3. The number of nitrogens with zero attached hydrogens (tertiary/aromatic N) is 2. The summed E-state index contributed by atoms with van der Waals surface area (Å²) in [6.45, 7) is 3.07. The molecule has 0 atom stereocenters. The van der Waals surface area contributed by atoms with Gasteiger partial charge in [0.25, 0.3) is 0 Å². The van der Waals surface area contributed by atoms with Crippen LogP contribution in [0.15, 0.2) is 0 Å². The number of unbranched alkanes of at least 4 members (excludes halogenated alkanes) is 2. The molecule has 0 aromatic carbocycles. The molecule has 0 saturated heterocycles. The van der Waals surface area contributed by atoms with Crippen LogP contribution in [0.3, 0.4) is 0 Å². The van der Waals surface area contributed by atoms with Crippen molar-refractivity contribution in [3.05, 3.63) is 0 Å². The lowest BCUT2D eigenvalue weighted by molar-refractivity contribution is 0.450. The average molecular weight is 126 g/mol. The maximum Gasteiger partial charge on any atom is 0.179 e. The molecule has 0 spiro atoms. The van der Waals surface area contributed by atoms with Gasteiger partial charge >= 0.3 is 0 Å². The fourth-order valence-corrected chi connectivity index (χ4v) is 0.649. The van der Waals surface area contributed by atoms with Crippen LogP contribution in [0.25, 0.3) is 0 Å². The fourth-order valence-electron chi connectivity index (χ4n) is 0.649. The maximum atomic E-state index is 8.31. The molecular formula is C7H14N2. The van der Waals surface area contributed by atoms with Gasteiger partial charge in [-0.3, -0.25) is 0 Å². The average Bonchev–Trinajstić information content (AvgIpc) is 1.89. The van der Waals surface area contributed by atoms with Crippen molar-refractivity contribution in [2.24, 2.45) is 0 Å². The van der Waals surface area contributed by atoms with Crippen LogP contribution in [0.2, 0.25) is 0 Å². The van der Waals surface area contributed by atoms with Crippen LogP contribution in [-0.4, -0.2) is 18.5 Å². The maximum absolute atomic E-state index is 8.31. The molecule has 0 saturated carbocycles. The number of hydrogen-bond donors (Lipinski definition) is 0. The van der Waals surface area contributed by atoms with E-state index in [-0.39, 0.29) is 0 Å². The van der Waals surface area contributed by atoms with Crippen molar-refractivity contribution in [1.82, 2.24) is 4.90 Å². The molecule has 0 aromatic rings. The molecule has 2 heteroatoms. The van der Waals surface area contributed by atoms with Gasteiger partial charge in [-0.2, -0.15) is 5.26 Å². The summed E-state index contributed by atoms with van der Waals surface area (Å²) in [5, 5.41) is 8.31. The van der Waals surface area contributed by atoms with Crippen LogP contribution < -0.4 is 0 Å². The van der Waals surface area contributed by atoms with E-state index in [0.29, 0.717) is 0 Å². The number of rotatable bonds is 4. The molecule has 0 fully saturated rings. The van der Waals surface area contributed by atoms with Gasteiger partial charge in [0.15, 0.2) is 6.19 Å². The first kappa shape index (κ1) is 8.29. The molecule has 0 aliphatic heterocycles. The van der Waals surface area contributed by atoms with Gasteiger partial charge in [-0.05, 0) is 6.42 Å². The predicted molar refractivity (Wildman–Crippen MR) is 37.8 cm³/mol. The van der Waals surface area contributed by atoms with Crippen LogP contribution in [0, 0.1) is 11.5 Å². The van der Waals surface area contributed by atoms with Crippen LogP contribution in [0.4, 0.5) is 0 Å². The Balaban J connectivity index is 2.99. The van der Waals surface area contributed by atoms with Gasteiger partial charge in [0, 0.05) is 13.6 Å². The van der Waals surface area contributed by atoms with Gasteiger partial charge in [0.1, 0.15) is 0 Å². The highest BCUT2D eigenvalue weighted by molar-refractivity contribution is 4.67. The van der Waals surface area contributed by atoms with Crippen LogP contribution in [0.1, 0.15) is 26.2 Å². The summed E-state index contributed by atoms with van der Waals surface area (Å²) >= 11 is 0. The molecule has 0 amide bonds. The molecule has 0 heterocycles. The molecule has 0 aliphatic carbocycles. The van der Waals surface area contributed by atoms with E-state index in [1.165, 1.54) is 12.8 Å². The lowest BCUT2D eigenvalue weighted by Gasteiger charge is -2.05. The molecule has 0 aliphatic rings. The molecule has 2 nitrogen and oxygen atoms in total. The first-order valence-electron chi connectivity index (χ1n) is 3.42. The first-order chi connectivity index (χ1) is 4.31. The largest absolute Gasteiger partial charge is 0.314 e. The smallest absolute Gasteiger partial charge is 0.179 e. The summed E-state index contributed by atoms with van der Waals surface area (Å²) in [6.07, 6.45) is 5.65. The van der Waals surface area contributed by atoms with E-state index < -0.39 is 0 Å². The summed E-state index contributed by atoms with van der Waals surface area (Å²) in [4.78, 5) is 1.66. The Morgan fingerprint density at radius 1 is 1.44 bits per heavy atom. The molecule has 0 N–H and O–H groups in total. The van der Waals surface area contributed by atoms with E-state index in [0.717, 1.165) is 13.0 Å². The van der Waals surface area contributed by atoms with Crippen molar-refractivity contribution in [2.45, 2.75) is 26.2 Å². The second-order valence-corrected chi connectivity index (χ2v) is 2.23. The number of nitriles is 1. The van der Waals surface area contributed by atoms with Gasteiger partial charge in [-0.1, -0.05) is 19.8 Å². The zero-order valence-electron chi connectivity index (χ0n) is 6.22. The summed E-state index contributed by atoms with van der Waals surface area (Å²) in [7, 11) is 1.82. The minimum Gasteiger partial charge on any atom is -0.314 e. The van der Waals surface area contributed by atoms with Crippen molar-refractivity contribution in [3.8, 4) is 6.19 Å². The molecule has 0 radical (unpaired) electrons. The quantitative estimate of drug-likeness (QED) is 0.325. The highest BCUT2D eigenvalue weighted by Gasteiger charge is 1.90. The van der Waals surface area contributed by atoms with Crippen molar-refractivity contribution >= 4 is 0 Å². The van der Waals surface area contributed by atoms with Crippen molar-refractivity contribution in [1.29, 1.82) is 5.26 Å². The number of hydrogen-bond acceptors (Lipinski definition) is 2. The Morgan fingerprint density at radius 3 is 2.56 bits per heavy atom. The zero-order valence-corrected chi connectivity index (χ0v) is 6.22. The van der Waals surface area contributed by atoms with Gasteiger partial charge in [0.2, 0.25) is 0 Å². The Kier molecular flexibility index (Phi) is 5.00. The Hall–Kier alpha value is -0.710. The molecule has 9 heavy (non-hydrogen) atoms. The Morgan fingerprint density at radius 2 is 2.11 bits per heavy atom. The fraction of sp³-hybridized carbons (Fsp3) is 0.857. The molecule has 52 valence electrons. The van der Waals surface area contributed by atoms with E-state index in [1.807, 2.05) is 7.05 Å². The van der Waals surface area contributed by atoms with Crippen LogP contribution >= 0.6 is 0 Å². The highest BCUT2D eigenvalue weighted by Crippen LogP contribution is 1.94. The van der Waals surface area contributed by atoms with Gasteiger partial charge < -0.3 is 4.90 Å². The van der Waals surface area contributed by atoms with Crippen molar-refractivity contribution in [2.75, 3.05) is 13.6 Å². The summed E-state index contributed by atoms with van der Waals surface area (Å²) in [5.74, 6) is 0. The van der Waals surface area contributed by atoms with E-state index in [9.17, 15) is 0 Å². The van der Waals surface area contributed by atoms with Crippen molar-refractivity contribution < 1.29 is 0 Å². The van der Waals surface area contributed by atoms with E-state index in [2.05, 4.69) is 13.1 Å². The summed E-state index contributed by atoms with van der Waals surface area (Å²) < 4.78 is 0. The lowest BCUT2D eigenvalue weighted by Crippen LogP contribution is -2.11. The molecule has 0 aromatic heterocycles. The third-order valence-corrected chi connectivity index (χ3v) is 1.27. The highest BCUT2D eigenvalue weighted by atomic mass is 15.1. The zero-order chi connectivity index (χ0) is 7.11. The van der Waals surface area contributed by atoms with Crippen molar-refractivity contribution in [3.63, 3.8) is 0 Å². The molecule has 0 bridgehead atoms. The molecule has 0 rings (SSSR count). The van der Waals surface area contributed by atoms with Crippen LogP contribution in [0.5, 0.6) is 0 Å². The van der Waals surface area contributed by atoms with Gasteiger partial charge in [-0.15, -0.1) is 0 Å². The monoisotopic (exact) mass is 126 g/mol. The SMILES string of the molecule is CCCCCN(C)C#N. The van der Waals surface area contributed by atoms with E-state index in [1.54, 1.807) is 4.90 Å².